The summed E-state index contributed by atoms with van der Waals surface area (Å²) < 4.78 is 0. The van der Waals surface area contributed by atoms with Crippen LogP contribution in [0.15, 0.2) is 47.4 Å². The van der Waals surface area contributed by atoms with E-state index < -0.39 is 0 Å². The molecule has 132 valence electrons. The van der Waals surface area contributed by atoms with Crippen molar-refractivity contribution in [3.05, 3.63) is 58.5 Å². The van der Waals surface area contributed by atoms with Gasteiger partial charge in [-0.3, -0.25) is 19.6 Å². The maximum atomic E-state index is 13.0. The highest BCUT2D eigenvalue weighted by atomic mass is 16.2. The number of rotatable bonds is 2. The third kappa shape index (κ3) is 2.97. The van der Waals surface area contributed by atoms with E-state index in [9.17, 15) is 9.59 Å². The number of nitrogen functional groups attached to an aromatic ring is 1. The van der Waals surface area contributed by atoms with E-state index in [2.05, 4.69) is 15.0 Å². The monoisotopic (exact) mass is 350 g/mol. The van der Waals surface area contributed by atoms with Gasteiger partial charge < -0.3 is 15.5 Å². The van der Waals surface area contributed by atoms with E-state index in [-0.39, 0.29) is 17.4 Å². The summed E-state index contributed by atoms with van der Waals surface area (Å²) >= 11 is 0. The van der Waals surface area contributed by atoms with Gasteiger partial charge in [-0.2, -0.15) is 4.98 Å². The number of fused-ring (bicyclic) bond motifs is 1. The van der Waals surface area contributed by atoms with E-state index in [0.29, 0.717) is 37.6 Å². The van der Waals surface area contributed by atoms with Crippen LogP contribution in [0, 0.1) is 0 Å². The normalized spacial score (nSPS) is 14.6. The second-order valence-electron chi connectivity index (χ2n) is 6.14. The van der Waals surface area contributed by atoms with Gasteiger partial charge in [0.15, 0.2) is 0 Å². The summed E-state index contributed by atoms with van der Waals surface area (Å²) in [7, 11) is 0. The summed E-state index contributed by atoms with van der Waals surface area (Å²) in [6.07, 6.45) is 1.66. The van der Waals surface area contributed by atoms with Crippen LogP contribution >= 0.6 is 0 Å². The first kappa shape index (κ1) is 16.1. The summed E-state index contributed by atoms with van der Waals surface area (Å²) in [5.41, 5.74) is 6.78. The van der Waals surface area contributed by atoms with Crippen molar-refractivity contribution >= 4 is 28.6 Å². The van der Waals surface area contributed by atoms with Crippen molar-refractivity contribution in [2.24, 2.45) is 0 Å². The van der Waals surface area contributed by atoms with Gasteiger partial charge in [-0.1, -0.05) is 18.2 Å². The molecule has 1 aliphatic heterocycles. The number of pyridine rings is 1. The number of nitrogens with zero attached hydrogens (tertiary/aromatic N) is 4. The summed E-state index contributed by atoms with van der Waals surface area (Å²) in [4.78, 5) is 39.2. The van der Waals surface area contributed by atoms with Gasteiger partial charge in [0.25, 0.3) is 11.5 Å². The Kier molecular flexibility index (Phi) is 4.00. The Morgan fingerprint density at radius 2 is 1.88 bits per heavy atom. The molecular weight excluding hydrogens is 332 g/mol. The molecule has 3 heterocycles. The van der Waals surface area contributed by atoms with E-state index in [1.165, 1.54) is 6.07 Å². The molecule has 1 fully saturated rings. The Balaban J connectivity index is 1.52. The first-order chi connectivity index (χ1) is 12.6. The van der Waals surface area contributed by atoms with Crippen molar-refractivity contribution in [2.45, 2.75) is 0 Å². The number of hydrogen-bond donors (Lipinski definition) is 2. The van der Waals surface area contributed by atoms with Crippen LogP contribution < -0.4 is 16.2 Å². The number of carbonyl (C=O) groups is 1. The van der Waals surface area contributed by atoms with Crippen LogP contribution in [0.3, 0.4) is 0 Å². The highest BCUT2D eigenvalue weighted by Crippen LogP contribution is 2.20. The molecular formula is C18H18N6O2. The molecule has 26 heavy (non-hydrogen) atoms. The summed E-state index contributed by atoms with van der Waals surface area (Å²) in [5.74, 6) is 0.614. The fraction of sp³-hybridized carbons (Fsp3) is 0.222. The summed E-state index contributed by atoms with van der Waals surface area (Å²) in [6, 6.07) is 10.8. The van der Waals surface area contributed by atoms with Crippen LogP contribution in [0.4, 0.5) is 11.8 Å². The first-order valence-electron chi connectivity index (χ1n) is 8.36. The van der Waals surface area contributed by atoms with Crippen molar-refractivity contribution in [3.63, 3.8) is 0 Å². The summed E-state index contributed by atoms with van der Waals surface area (Å²) in [6.45, 7) is 2.27. The van der Waals surface area contributed by atoms with Crippen LogP contribution in [0.25, 0.3) is 10.9 Å². The molecule has 0 bridgehead atoms. The standard InChI is InChI=1S/C18H18N6O2/c19-18-21-15(11-16(25)22-18)23-7-9-24(10-8-23)17(26)13-5-6-20-14-4-2-1-3-12(13)14/h1-6,11H,7-10H2,(H3,19,21,22,25). The molecule has 0 saturated carbocycles. The lowest BCUT2D eigenvalue weighted by Gasteiger charge is -2.35. The zero-order valence-electron chi connectivity index (χ0n) is 14.1. The van der Waals surface area contributed by atoms with Gasteiger partial charge in [0.05, 0.1) is 11.1 Å². The molecule has 8 nitrogen and oxygen atoms in total. The quantitative estimate of drug-likeness (QED) is 0.710. The lowest BCUT2D eigenvalue weighted by Crippen LogP contribution is -2.49. The first-order valence-corrected chi connectivity index (χ1v) is 8.36. The third-order valence-electron chi connectivity index (χ3n) is 4.52. The molecule has 8 heteroatoms. The zero-order valence-corrected chi connectivity index (χ0v) is 14.1. The van der Waals surface area contributed by atoms with Crippen LogP contribution in [0.2, 0.25) is 0 Å². The SMILES string of the molecule is Nc1nc(N2CCN(C(=O)c3ccnc4ccccc34)CC2)cc(=O)[nH]1. The lowest BCUT2D eigenvalue weighted by molar-refractivity contribution is 0.0748. The number of nitrogens with two attached hydrogens (primary N) is 1. The molecule has 3 aromatic rings. The smallest absolute Gasteiger partial charge is 0.254 e. The average Bonchev–Trinajstić information content (AvgIpc) is 2.66. The minimum Gasteiger partial charge on any atom is -0.369 e. The van der Waals surface area contributed by atoms with Gasteiger partial charge in [0.1, 0.15) is 5.82 Å². The number of carbonyl (C=O) groups excluding carboxylic acids is 1. The topological polar surface area (TPSA) is 108 Å². The Morgan fingerprint density at radius 3 is 2.65 bits per heavy atom. The van der Waals surface area contributed by atoms with Gasteiger partial charge in [-0.05, 0) is 12.1 Å². The highest BCUT2D eigenvalue weighted by molar-refractivity contribution is 6.06. The largest absolute Gasteiger partial charge is 0.369 e. The zero-order chi connectivity index (χ0) is 18.1. The minimum absolute atomic E-state index is 0.0124. The van der Waals surface area contributed by atoms with Gasteiger partial charge in [-0.15, -0.1) is 0 Å². The van der Waals surface area contributed by atoms with Crippen molar-refractivity contribution in [3.8, 4) is 0 Å². The predicted molar refractivity (Wildman–Crippen MR) is 99.1 cm³/mol. The minimum atomic E-state index is -0.283. The van der Waals surface area contributed by atoms with Crippen molar-refractivity contribution in [1.82, 2.24) is 19.9 Å². The van der Waals surface area contributed by atoms with Gasteiger partial charge in [0, 0.05) is 43.8 Å². The van der Waals surface area contributed by atoms with E-state index in [4.69, 9.17) is 5.73 Å². The number of aromatic nitrogens is 3. The maximum Gasteiger partial charge on any atom is 0.254 e. The molecule has 0 radical (unpaired) electrons. The number of anilines is 2. The van der Waals surface area contributed by atoms with E-state index in [1.54, 1.807) is 12.3 Å². The van der Waals surface area contributed by atoms with Crippen LogP contribution in [-0.2, 0) is 0 Å². The Labute approximate surface area is 149 Å². The Bertz CT molecular complexity index is 1020. The van der Waals surface area contributed by atoms with Crippen LogP contribution in [-0.4, -0.2) is 51.9 Å². The molecule has 1 aromatic carbocycles. The van der Waals surface area contributed by atoms with Crippen LogP contribution in [0.5, 0.6) is 0 Å². The lowest BCUT2D eigenvalue weighted by atomic mass is 10.1. The third-order valence-corrected chi connectivity index (χ3v) is 4.52. The molecule has 0 aliphatic carbocycles. The molecule has 1 saturated heterocycles. The van der Waals surface area contributed by atoms with E-state index in [1.807, 2.05) is 34.1 Å². The van der Waals surface area contributed by atoms with Gasteiger partial charge in [-0.25, -0.2) is 0 Å². The predicted octanol–water partition coefficient (Wildman–Crippen LogP) is 0.863. The number of H-pyrrole nitrogens is 1. The average molecular weight is 350 g/mol. The number of piperazine rings is 1. The molecule has 0 unspecified atom stereocenters. The Hall–Kier alpha value is -3.42. The number of benzene rings is 1. The van der Waals surface area contributed by atoms with Gasteiger partial charge in [0.2, 0.25) is 5.95 Å². The number of aromatic amines is 1. The fourth-order valence-corrected chi connectivity index (χ4v) is 3.22. The number of para-hydroxylation sites is 1. The van der Waals surface area contributed by atoms with E-state index >= 15 is 0 Å². The van der Waals surface area contributed by atoms with Gasteiger partial charge >= 0.3 is 0 Å². The van der Waals surface area contributed by atoms with Crippen LogP contribution in [0.1, 0.15) is 10.4 Å². The second kappa shape index (κ2) is 6.47. The molecule has 0 atom stereocenters. The molecule has 2 aromatic heterocycles. The molecule has 3 N–H and O–H groups in total. The Morgan fingerprint density at radius 1 is 1.12 bits per heavy atom. The number of nitrogens with one attached hydrogen (secondary N) is 1. The molecule has 1 aliphatic rings. The molecule has 0 spiro atoms. The number of hydrogen-bond acceptors (Lipinski definition) is 6. The van der Waals surface area contributed by atoms with Crippen molar-refractivity contribution in [1.29, 1.82) is 0 Å². The fourth-order valence-electron chi connectivity index (χ4n) is 3.22. The van der Waals surface area contributed by atoms with Crippen molar-refractivity contribution in [2.75, 3.05) is 36.8 Å². The van der Waals surface area contributed by atoms with E-state index in [0.717, 1.165) is 10.9 Å². The summed E-state index contributed by atoms with van der Waals surface area (Å²) in [5, 5.41) is 0.853. The highest BCUT2D eigenvalue weighted by Gasteiger charge is 2.24. The number of amides is 1. The van der Waals surface area contributed by atoms with Crippen molar-refractivity contribution < 1.29 is 4.79 Å². The second-order valence-corrected chi connectivity index (χ2v) is 6.14. The molecule has 1 amide bonds. The maximum absolute atomic E-state index is 13.0. The molecule has 4 rings (SSSR count).